The quantitative estimate of drug-likeness (QED) is 0.792. The first-order valence-corrected chi connectivity index (χ1v) is 5.08. The van der Waals surface area contributed by atoms with Gasteiger partial charge in [0.15, 0.2) is 0 Å². The van der Waals surface area contributed by atoms with Crippen LogP contribution >= 0.6 is 11.3 Å². The average Bonchev–Trinajstić information content (AvgIpc) is 2.44. The van der Waals surface area contributed by atoms with Crippen molar-refractivity contribution in [3.8, 4) is 0 Å². The van der Waals surface area contributed by atoms with Gasteiger partial charge in [0.1, 0.15) is 0 Å². The Morgan fingerprint density at radius 2 is 2.31 bits per heavy atom. The highest BCUT2D eigenvalue weighted by Gasteiger charge is 2.00. The molecule has 0 aliphatic heterocycles. The molecule has 0 radical (unpaired) electrons. The maximum atomic E-state index is 8.78. The minimum Gasteiger partial charge on any atom is -0.396 e. The molecule has 0 spiro atoms. The van der Waals surface area contributed by atoms with E-state index in [-0.39, 0.29) is 6.61 Å². The van der Waals surface area contributed by atoms with Gasteiger partial charge >= 0.3 is 0 Å². The topological polar surface area (TPSA) is 33.1 Å². The van der Waals surface area contributed by atoms with E-state index in [9.17, 15) is 0 Å². The molecule has 0 unspecified atom stereocenters. The van der Waals surface area contributed by atoms with Gasteiger partial charge in [-0.05, 0) is 31.0 Å². The first-order chi connectivity index (χ1) is 6.29. The lowest BCUT2D eigenvalue weighted by Crippen LogP contribution is -1.89. The zero-order valence-corrected chi connectivity index (χ0v) is 8.27. The second kappa shape index (κ2) is 3.44. The van der Waals surface area contributed by atoms with Crippen LogP contribution in [0.5, 0.6) is 0 Å². The summed E-state index contributed by atoms with van der Waals surface area (Å²) in [6, 6.07) is 6.18. The zero-order chi connectivity index (χ0) is 9.26. The monoisotopic (exact) mass is 193 g/mol. The Labute approximate surface area is 80.9 Å². The van der Waals surface area contributed by atoms with E-state index in [1.165, 1.54) is 4.70 Å². The number of nitrogens with zero attached hydrogens (tertiary/aromatic N) is 1. The summed E-state index contributed by atoms with van der Waals surface area (Å²) in [7, 11) is 0. The number of rotatable bonds is 2. The average molecular weight is 193 g/mol. The zero-order valence-electron chi connectivity index (χ0n) is 7.45. The summed E-state index contributed by atoms with van der Waals surface area (Å²) in [4.78, 5) is 4.39. The van der Waals surface area contributed by atoms with Crippen LogP contribution in [0.1, 0.15) is 10.6 Å². The molecule has 68 valence electrons. The highest BCUT2D eigenvalue weighted by Crippen LogP contribution is 2.22. The third kappa shape index (κ3) is 1.71. The highest BCUT2D eigenvalue weighted by atomic mass is 32.1. The van der Waals surface area contributed by atoms with Crippen LogP contribution in [0.15, 0.2) is 18.2 Å². The van der Waals surface area contributed by atoms with Crippen LogP contribution in [0.2, 0.25) is 0 Å². The molecule has 2 nitrogen and oxygen atoms in total. The van der Waals surface area contributed by atoms with Gasteiger partial charge < -0.3 is 5.11 Å². The Morgan fingerprint density at radius 1 is 1.46 bits per heavy atom. The van der Waals surface area contributed by atoms with Crippen molar-refractivity contribution in [2.75, 3.05) is 6.61 Å². The van der Waals surface area contributed by atoms with Crippen molar-refractivity contribution in [2.24, 2.45) is 0 Å². The van der Waals surface area contributed by atoms with E-state index in [1.807, 2.05) is 6.92 Å². The van der Waals surface area contributed by atoms with E-state index in [1.54, 1.807) is 11.3 Å². The fraction of sp³-hybridized carbons (Fsp3) is 0.300. The van der Waals surface area contributed by atoms with Gasteiger partial charge in [0, 0.05) is 6.61 Å². The standard InChI is InChI=1S/C10H11NOS/c1-7-11-9-6-8(4-5-12)2-3-10(9)13-7/h2-3,6,12H,4-5H2,1H3. The smallest absolute Gasteiger partial charge is 0.0907 e. The van der Waals surface area contributed by atoms with Gasteiger partial charge in [-0.1, -0.05) is 6.07 Å². The van der Waals surface area contributed by atoms with Crippen molar-refractivity contribution in [1.82, 2.24) is 4.98 Å². The Balaban J connectivity index is 2.48. The molecular formula is C10H11NOS. The van der Waals surface area contributed by atoms with E-state index < -0.39 is 0 Å². The predicted molar refractivity (Wildman–Crippen MR) is 55.1 cm³/mol. The Morgan fingerprint density at radius 3 is 3.08 bits per heavy atom. The molecule has 1 N–H and O–H groups in total. The van der Waals surface area contributed by atoms with Crippen LogP contribution in [0.25, 0.3) is 10.2 Å². The van der Waals surface area contributed by atoms with Crippen molar-refractivity contribution in [2.45, 2.75) is 13.3 Å². The molecule has 0 atom stereocenters. The maximum Gasteiger partial charge on any atom is 0.0907 e. The second-order valence-electron chi connectivity index (χ2n) is 3.01. The molecule has 2 rings (SSSR count). The Bertz CT molecular complexity index is 422. The number of thiazole rings is 1. The number of fused-ring (bicyclic) bond motifs is 1. The van der Waals surface area contributed by atoms with Gasteiger partial charge in [-0.25, -0.2) is 4.98 Å². The van der Waals surface area contributed by atoms with Crippen LogP contribution < -0.4 is 0 Å². The first-order valence-electron chi connectivity index (χ1n) is 4.26. The number of aliphatic hydroxyl groups is 1. The van der Waals surface area contributed by atoms with Gasteiger partial charge in [0.2, 0.25) is 0 Å². The number of hydrogen-bond donors (Lipinski definition) is 1. The summed E-state index contributed by atoms with van der Waals surface area (Å²) in [5.41, 5.74) is 2.20. The van der Waals surface area contributed by atoms with Crippen molar-refractivity contribution in [3.63, 3.8) is 0 Å². The molecule has 1 heterocycles. The van der Waals surface area contributed by atoms with Gasteiger partial charge in [-0.15, -0.1) is 11.3 Å². The lowest BCUT2D eigenvalue weighted by atomic mass is 10.1. The van der Waals surface area contributed by atoms with E-state index >= 15 is 0 Å². The van der Waals surface area contributed by atoms with Gasteiger partial charge in [-0.2, -0.15) is 0 Å². The van der Waals surface area contributed by atoms with Gasteiger partial charge in [0.25, 0.3) is 0 Å². The number of aromatic nitrogens is 1. The molecule has 0 bridgehead atoms. The molecule has 1 aromatic heterocycles. The molecule has 1 aromatic carbocycles. The van der Waals surface area contributed by atoms with Crippen molar-refractivity contribution in [3.05, 3.63) is 28.8 Å². The third-order valence-electron chi connectivity index (χ3n) is 1.96. The Hall–Kier alpha value is -0.930. The molecule has 0 saturated heterocycles. The van der Waals surface area contributed by atoms with Crippen LogP contribution in [0, 0.1) is 6.92 Å². The van der Waals surface area contributed by atoms with Crippen molar-refractivity contribution < 1.29 is 5.11 Å². The fourth-order valence-electron chi connectivity index (χ4n) is 1.37. The van der Waals surface area contributed by atoms with Crippen LogP contribution in [-0.4, -0.2) is 16.7 Å². The molecular weight excluding hydrogens is 182 g/mol. The SMILES string of the molecule is Cc1nc2cc(CCO)ccc2s1. The fourth-order valence-corrected chi connectivity index (χ4v) is 2.18. The summed E-state index contributed by atoms with van der Waals surface area (Å²) in [6.45, 7) is 2.21. The lowest BCUT2D eigenvalue weighted by molar-refractivity contribution is 0.299. The predicted octanol–water partition coefficient (Wildman–Crippen LogP) is 2.14. The summed E-state index contributed by atoms with van der Waals surface area (Å²) < 4.78 is 1.22. The number of hydrogen-bond acceptors (Lipinski definition) is 3. The summed E-state index contributed by atoms with van der Waals surface area (Å²) in [6.07, 6.45) is 0.715. The van der Waals surface area contributed by atoms with Gasteiger partial charge in [-0.3, -0.25) is 0 Å². The van der Waals surface area contributed by atoms with Gasteiger partial charge in [0.05, 0.1) is 15.2 Å². The van der Waals surface area contributed by atoms with E-state index in [2.05, 4.69) is 23.2 Å². The molecule has 0 saturated carbocycles. The Kier molecular flexibility index (Phi) is 2.29. The molecule has 13 heavy (non-hydrogen) atoms. The van der Waals surface area contributed by atoms with Crippen LogP contribution in [0.3, 0.4) is 0 Å². The van der Waals surface area contributed by atoms with E-state index in [0.29, 0.717) is 6.42 Å². The van der Waals surface area contributed by atoms with E-state index in [0.717, 1.165) is 16.1 Å². The summed E-state index contributed by atoms with van der Waals surface area (Å²) in [5.74, 6) is 0. The number of aryl methyl sites for hydroxylation is 1. The molecule has 0 fully saturated rings. The normalized spacial score (nSPS) is 10.9. The number of benzene rings is 1. The summed E-state index contributed by atoms with van der Waals surface area (Å²) in [5, 5.41) is 9.87. The molecule has 2 aromatic rings. The summed E-state index contributed by atoms with van der Waals surface area (Å²) >= 11 is 1.71. The van der Waals surface area contributed by atoms with Crippen LogP contribution in [-0.2, 0) is 6.42 Å². The minimum atomic E-state index is 0.203. The van der Waals surface area contributed by atoms with E-state index in [4.69, 9.17) is 5.11 Å². The molecule has 0 aliphatic carbocycles. The highest BCUT2D eigenvalue weighted by molar-refractivity contribution is 7.18. The maximum absolute atomic E-state index is 8.78. The lowest BCUT2D eigenvalue weighted by Gasteiger charge is -1.96. The molecule has 0 amide bonds. The first kappa shape index (κ1) is 8.66. The van der Waals surface area contributed by atoms with Crippen LogP contribution in [0.4, 0.5) is 0 Å². The largest absolute Gasteiger partial charge is 0.396 e. The number of aliphatic hydroxyl groups excluding tert-OH is 1. The van der Waals surface area contributed by atoms with Crippen molar-refractivity contribution in [1.29, 1.82) is 0 Å². The molecule has 3 heteroatoms. The minimum absolute atomic E-state index is 0.203. The second-order valence-corrected chi connectivity index (χ2v) is 4.24. The molecule has 0 aliphatic rings. The third-order valence-corrected chi connectivity index (χ3v) is 2.91. The van der Waals surface area contributed by atoms with Crippen molar-refractivity contribution >= 4 is 21.6 Å².